The molecule has 5 aromatic carbocycles. The van der Waals surface area contributed by atoms with E-state index in [1.165, 1.54) is 89.7 Å². The summed E-state index contributed by atoms with van der Waals surface area (Å²) < 4.78 is 1.42. The molecule has 1 aliphatic rings. The zero-order valence-electron chi connectivity index (χ0n) is 25.4. The minimum absolute atomic E-state index is 0. The van der Waals surface area contributed by atoms with Crippen molar-refractivity contribution in [2.45, 2.75) is 60.3 Å². The van der Waals surface area contributed by atoms with E-state index in [1.807, 2.05) is 0 Å². The first kappa shape index (κ1) is 35.8. The van der Waals surface area contributed by atoms with Gasteiger partial charge in [-0.05, 0) is 13.8 Å². The van der Waals surface area contributed by atoms with Gasteiger partial charge in [0.15, 0.2) is 0 Å². The molecule has 0 aliphatic heterocycles. The van der Waals surface area contributed by atoms with Crippen LogP contribution < -0.4 is 24.8 Å². The van der Waals surface area contributed by atoms with E-state index in [2.05, 4.69) is 144 Å². The molecule has 42 heavy (non-hydrogen) atoms. The fourth-order valence-electron chi connectivity index (χ4n) is 5.42. The SMILES string of the molecule is CCC1=[C-]CC(CC)=C1CC.Cc1ccc2c(c1)[cH-]c1cc(C)ccc12.[Cl-].[Cl-].[Zr+2]=[C](c1ccccc1)c1ccccc1. The number of benzene rings is 4. The molecule has 5 aromatic rings. The van der Waals surface area contributed by atoms with Crippen molar-refractivity contribution in [1.82, 2.24) is 0 Å². The number of fused-ring (bicyclic) bond motifs is 3. The van der Waals surface area contributed by atoms with Gasteiger partial charge in [0, 0.05) is 0 Å². The van der Waals surface area contributed by atoms with Crippen molar-refractivity contribution in [3.8, 4) is 0 Å². The summed E-state index contributed by atoms with van der Waals surface area (Å²) in [4.78, 5) is 0. The van der Waals surface area contributed by atoms with Gasteiger partial charge in [0.25, 0.3) is 0 Å². The fourth-order valence-corrected chi connectivity index (χ4v) is 6.24. The second kappa shape index (κ2) is 17.6. The third-order valence-corrected chi connectivity index (χ3v) is 9.00. The maximum absolute atomic E-state index is 3.45. The zero-order chi connectivity index (χ0) is 28.5. The second-order valence-corrected chi connectivity index (χ2v) is 11.6. The van der Waals surface area contributed by atoms with Crippen LogP contribution in [-0.2, 0) is 24.2 Å². The Balaban J connectivity index is 0.000000218. The molecule has 0 bridgehead atoms. The van der Waals surface area contributed by atoms with Crippen LogP contribution in [0.5, 0.6) is 0 Å². The third-order valence-electron chi connectivity index (χ3n) is 7.58. The average Bonchev–Trinajstić information content (AvgIpc) is 3.57. The van der Waals surface area contributed by atoms with E-state index in [4.69, 9.17) is 0 Å². The predicted molar refractivity (Wildman–Crippen MR) is 172 cm³/mol. The van der Waals surface area contributed by atoms with Gasteiger partial charge in [0.2, 0.25) is 0 Å². The molecule has 0 aromatic heterocycles. The van der Waals surface area contributed by atoms with Crippen LogP contribution in [0.4, 0.5) is 0 Å². The Kier molecular flexibility index (Phi) is 15.0. The Morgan fingerprint density at radius 1 is 0.667 bits per heavy atom. The Morgan fingerprint density at radius 2 is 1.14 bits per heavy atom. The molecule has 0 radical (unpaired) electrons. The van der Waals surface area contributed by atoms with Crippen LogP contribution in [0.1, 0.15) is 68.7 Å². The molecule has 0 atom stereocenters. The summed E-state index contributed by atoms with van der Waals surface area (Å²) >= 11 is 1.46. The molecule has 0 nitrogen and oxygen atoms in total. The Bertz CT molecular complexity index is 1540. The van der Waals surface area contributed by atoms with Gasteiger partial charge in [-0.1, -0.05) is 75.4 Å². The molecule has 0 saturated carbocycles. The van der Waals surface area contributed by atoms with Crippen LogP contribution in [0.15, 0.2) is 120 Å². The van der Waals surface area contributed by atoms with E-state index in [1.54, 1.807) is 11.1 Å². The summed E-state index contributed by atoms with van der Waals surface area (Å²) in [6.45, 7) is 11.0. The van der Waals surface area contributed by atoms with Crippen LogP contribution in [0, 0.1) is 19.9 Å². The van der Waals surface area contributed by atoms with Crippen molar-refractivity contribution in [2.75, 3.05) is 0 Å². The zero-order valence-corrected chi connectivity index (χ0v) is 29.4. The van der Waals surface area contributed by atoms with E-state index in [0.717, 1.165) is 12.8 Å². The first-order valence-corrected chi connectivity index (χ1v) is 15.7. The van der Waals surface area contributed by atoms with Gasteiger partial charge >= 0.3 is 99.2 Å². The van der Waals surface area contributed by atoms with Crippen molar-refractivity contribution < 1.29 is 49.0 Å². The molecule has 6 rings (SSSR count). The van der Waals surface area contributed by atoms with E-state index < -0.39 is 0 Å². The number of hydrogen-bond acceptors (Lipinski definition) is 0. The summed E-state index contributed by atoms with van der Waals surface area (Å²) in [6.07, 6.45) is 8.11. The van der Waals surface area contributed by atoms with E-state index in [0.29, 0.717) is 0 Å². The van der Waals surface area contributed by atoms with Crippen molar-refractivity contribution >= 4 is 24.8 Å². The van der Waals surface area contributed by atoms with Crippen LogP contribution in [0.3, 0.4) is 0 Å². The van der Waals surface area contributed by atoms with Gasteiger partial charge in [0.1, 0.15) is 0 Å². The van der Waals surface area contributed by atoms with E-state index >= 15 is 0 Å². The molecular formula is C39H40Cl2Zr-2. The first-order valence-electron chi connectivity index (χ1n) is 14.5. The molecule has 0 saturated heterocycles. The van der Waals surface area contributed by atoms with Crippen LogP contribution >= 0.6 is 0 Å². The predicted octanol–water partition coefficient (Wildman–Crippen LogP) is 4.79. The summed E-state index contributed by atoms with van der Waals surface area (Å²) in [7, 11) is 0. The first-order chi connectivity index (χ1) is 19.4. The summed E-state index contributed by atoms with van der Waals surface area (Å²) in [5, 5.41) is 5.46. The molecule has 0 spiro atoms. The minimum atomic E-state index is 0. The summed E-state index contributed by atoms with van der Waals surface area (Å²) in [5.41, 5.74) is 10.0. The standard InChI is InChI=1S/C15H13.C13H10.C11H17.2ClH.Zr/c1-10-3-5-14-12(7-10)9-13-8-11(2)4-6-15(13)14;1-3-7-12(8-4-1)11-13-9-5-2-6-10-13;1-4-9-7-8-10(5-2)11(9)6-3;;;/h3-9H,1-2H3;1-10H;4-7H2,1-3H3;2*1H;/q-1;;-1;;;+2/p-2. The topological polar surface area (TPSA) is 0 Å². The molecule has 0 N–H and O–H groups in total. The Labute approximate surface area is 280 Å². The van der Waals surface area contributed by atoms with E-state index in [-0.39, 0.29) is 24.8 Å². The second-order valence-electron chi connectivity index (χ2n) is 10.4. The van der Waals surface area contributed by atoms with Gasteiger partial charge in [-0.3, -0.25) is 6.08 Å². The van der Waals surface area contributed by atoms with Gasteiger partial charge in [-0.15, -0.1) is 46.2 Å². The number of hydrogen-bond donors (Lipinski definition) is 0. The van der Waals surface area contributed by atoms with Crippen molar-refractivity contribution in [2.24, 2.45) is 0 Å². The third kappa shape index (κ3) is 9.03. The molecule has 0 fully saturated rings. The molecule has 0 unspecified atom stereocenters. The Hall–Kier alpha value is -2.44. The van der Waals surface area contributed by atoms with Gasteiger partial charge < -0.3 is 24.8 Å². The number of allylic oxidation sites excluding steroid dienone is 4. The van der Waals surface area contributed by atoms with Crippen molar-refractivity contribution in [3.05, 3.63) is 148 Å². The van der Waals surface area contributed by atoms with Crippen molar-refractivity contribution in [1.29, 1.82) is 0 Å². The van der Waals surface area contributed by atoms with Crippen LogP contribution in [0.25, 0.3) is 21.5 Å². The number of rotatable bonds is 5. The molecule has 1 aliphatic carbocycles. The molecule has 3 heteroatoms. The fraction of sp³-hybridized carbons (Fsp3) is 0.231. The van der Waals surface area contributed by atoms with E-state index in [9.17, 15) is 0 Å². The van der Waals surface area contributed by atoms with Gasteiger partial charge in [0.05, 0.1) is 0 Å². The maximum atomic E-state index is 3.45. The Morgan fingerprint density at radius 3 is 1.55 bits per heavy atom. The monoisotopic (exact) mass is 668 g/mol. The van der Waals surface area contributed by atoms with Gasteiger partial charge in [-0.25, -0.2) is 5.57 Å². The number of aryl methyl sites for hydroxylation is 2. The molecule has 0 amide bonds. The van der Waals surface area contributed by atoms with Gasteiger partial charge in [-0.2, -0.15) is 11.1 Å². The molecular weight excluding hydrogens is 631 g/mol. The van der Waals surface area contributed by atoms with Crippen molar-refractivity contribution in [3.63, 3.8) is 0 Å². The quantitative estimate of drug-likeness (QED) is 0.236. The van der Waals surface area contributed by atoms with Crippen LogP contribution in [-0.4, -0.2) is 3.21 Å². The number of halogens is 2. The molecule has 216 valence electrons. The molecule has 0 heterocycles. The van der Waals surface area contributed by atoms with Crippen LogP contribution in [0.2, 0.25) is 0 Å². The summed E-state index contributed by atoms with van der Waals surface area (Å²) in [5.74, 6) is 0. The normalized spacial score (nSPS) is 11.9. The summed E-state index contributed by atoms with van der Waals surface area (Å²) in [6, 6.07) is 36.7. The average molecular weight is 671 g/mol.